The number of nitrogens with zero attached hydrogens (tertiary/aromatic N) is 2. The van der Waals surface area contributed by atoms with E-state index in [1.807, 2.05) is 41.6 Å². The third-order valence-corrected chi connectivity index (χ3v) is 11.1. The summed E-state index contributed by atoms with van der Waals surface area (Å²) in [4.78, 5) is 19.0. The third kappa shape index (κ3) is 3.37. The zero-order valence-corrected chi connectivity index (χ0v) is 22.4. The predicted octanol–water partition coefficient (Wildman–Crippen LogP) is 5.21. The van der Waals surface area contributed by atoms with Crippen LogP contribution in [-0.4, -0.2) is 59.1 Å². The maximum absolute atomic E-state index is 13.3. The van der Waals surface area contributed by atoms with Crippen molar-refractivity contribution >= 4 is 39.2 Å². The lowest BCUT2D eigenvalue weighted by molar-refractivity contribution is -0.135. The number of amides is 1. The van der Waals surface area contributed by atoms with Crippen LogP contribution in [0.25, 0.3) is 6.08 Å². The highest BCUT2D eigenvalue weighted by Gasteiger charge is 2.66. The van der Waals surface area contributed by atoms with Crippen LogP contribution in [0.5, 0.6) is 11.5 Å². The third-order valence-electron chi connectivity index (χ3n) is 9.43. The van der Waals surface area contributed by atoms with Crippen LogP contribution < -0.4 is 4.74 Å². The molecule has 1 amide bonds. The molecule has 1 N–H and O–H groups in total. The van der Waals surface area contributed by atoms with Crippen molar-refractivity contribution in [2.75, 3.05) is 20.1 Å². The van der Waals surface area contributed by atoms with E-state index in [0.29, 0.717) is 17.7 Å². The van der Waals surface area contributed by atoms with E-state index in [1.165, 1.54) is 24.9 Å². The number of phenols is 1. The first-order chi connectivity index (χ1) is 17.0. The molecule has 5 nitrogen and oxygen atoms in total. The molecule has 1 saturated heterocycles. The fraction of sp³-hybridized carbons (Fsp3) is 0.536. The van der Waals surface area contributed by atoms with Gasteiger partial charge < -0.3 is 14.7 Å². The Hall–Kier alpha value is -1.83. The number of hydrogen-bond donors (Lipinski definition) is 1. The van der Waals surface area contributed by atoms with Gasteiger partial charge in [0.15, 0.2) is 0 Å². The molecule has 184 valence electrons. The van der Waals surface area contributed by atoms with E-state index in [9.17, 15) is 9.90 Å². The van der Waals surface area contributed by atoms with Gasteiger partial charge in [0, 0.05) is 57.0 Å². The summed E-state index contributed by atoms with van der Waals surface area (Å²) >= 11 is 5.10. The van der Waals surface area contributed by atoms with Gasteiger partial charge in [0.2, 0.25) is 5.91 Å². The molecule has 2 saturated carbocycles. The van der Waals surface area contributed by atoms with E-state index >= 15 is 0 Å². The topological polar surface area (TPSA) is 53.0 Å². The Morgan fingerprint density at radius 2 is 2.20 bits per heavy atom. The van der Waals surface area contributed by atoms with Crippen molar-refractivity contribution in [1.29, 1.82) is 0 Å². The Labute approximate surface area is 218 Å². The van der Waals surface area contributed by atoms with Crippen LogP contribution in [0.15, 0.2) is 34.1 Å². The molecule has 3 heterocycles. The molecule has 5 atom stereocenters. The number of carbonyl (C=O) groups is 1. The molecule has 0 unspecified atom stereocenters. The van der Waals surface area contributed by atoms with Crippen LogP contribution in [-0.2, 0) is 16.6 Å². The van der Waals surface area contributed by atoms with Gasteiger partial charge in [-0.1, -0.05) is 0 Å². The summed E-state index contributed by atoms with van der Waals surface area (Å²) in [6.45, 7) is 2.29. The predicted molar refractivity (Wildman–Crippen MR) is 141 cm³/mol. The molecule has 1 aromatic heterocycles. The maximum Gasteiger partial charge on any atom is 0.246 e. The van der Waals surface area contributed by atoms with E-state index < -0.39 is 0 Å². The van der Waals surface area contributed by atoms with Gasteiger partial charge in [-0.05, 0) is 97.1 Å². The number of phenolic OH excluding ortho intramolecular Hbond substituents is 1. The Morgan fingerprint density at radius 1 is 1.34 bits per heavy atom. The number of rotatable bonds is 5. The van der Waals surface area contributed by atoms with Gasteiger partial charge in [-0.25, -0.2) is 0 Å². The summed E-state index contributed by atoms with van der Waals surface area (Å²) in [7, 11) is 1.94. The van der Waals surface area contributed by atoms with Gasteiger partial charge in [-0.2, -0.15) is 0 Å². The standard InChI is InChI=1S/C28H31BrN2O3S/c1-30(25(33)9-4-18-12-17(29)15-35-18)21-6-5-20-22-13-19-23(32)7-8-24-26(19)28(20,27(21)34-24)10-11-31(22)14-16-2-3-16/h4,7-9,12,15-16,20-22,27,32H,2-3,5-6,10-11,13-14H2,1H3/b9-4+/t20-,21+,22+,27-,28-/m0/s1. The number of ether oxygens (including phenoxy) is 1. The minimum atomic E-state index is -0.105. The fourth-order valence-electron chi connectivity index (χ4n) is 7.72. The summed E-state index contributed by atoms with van der Waals surface area (Å²) < 4.78 is 7.80. The molecule has 3 aliphatic carbocycles. The molecule has 7 rings (SSSR count). The van der Waals surface area contributed by atoms with Crippen LogP contribution >= 0.6 is 27.3 Å². The maximum atomic E-state index is 13.3. The lowest BCUT2D eigenvalue weighted by Crippen LogP contribution is -2.69. The molecule has 2 aliphatic heterocycles. The van der Waals surface area contributed by atoms with Crippen molar-refractivity contribution in [2.24, 2.45) is 11.8 Å². The van der Waals surface area contributed by atoms with Crippen LogP contribution in [0.1, 0.15) is 48.1 Å². The van der Waals surface area contributed by atoms with E-state index in [1.54, 1.807) is 17.4 Å². The number of piperidine rings is 1. The number of thiophene rings is 1. The molecule has 7 heteroatoms. The highest BCUT2D eigenvalue weighted by atomic mass is 79.9. The number of carbonyl (C=O) groups excluding carboxylic acids is 1. The van der Waals surface area contributed by atoms with Crippen LogP contribution in [0.3, 0.4) is 0 Å². The molecule has 0 radical (unpaired) electrons. The summed E-state index contributed by atoms with van der Waals surface area (Å²) in [5.74, 6) is 2.76. The van der Waals surface area contributed by atoms with Crippen molar-refractivity contribution in [2.45, 2.75) is 62.1 Å². The zero-order chi connectivity index (χ0) is 23.9. The number of likely N-dealkylation sites (N-methyl/N-ethyl adjacent to an activating group) is 1. The van der Waals surface area contributed by atoms with Gasteiger partial charge in [-0.3, -0.25) is 9.69 Å². The van der Waals surface area contributed by atoms with Crippen molar-refractivity contribution in [3.8, 4) is 11.5 Å². The highest BCUT2D eigenvalue weighted by molar-refractivity contribution is 9.10. The van der Waals surface area contributed by atoms with Crippen LogP contribution in [0, 0.1) is 11.8 Å². The number of halogens is 1. The van der Waals surface area contributed by atoms with Crippen molar-refractivity contribution < 1.29 is 14.6 Å². The molecular weight excluding hydrogens is 524 g/mol. The Kier molecular flexibility index (Phi) is 5.17. The molecular formula is C28H31BrN2O3S. The van der Waals surface area contributed by atoms with Gasteiger partial charge in [0.05, 0.1) is 6.04 Å². The first-order valence-electron chi connectivity index (χ1n) is 12.9. The van der Waals surface area contributed by atoms with E-state index in [-0.39, 0.29) is 23.5 Å². The molecule has 2 bridgehead atoms. The molecule has 1 spiro atoms. The summed E-state index contributed by atoms with van der Waals surface area (Å²) in [5, 5.41) is 12.9. The second-order valence-electron chi connectivity index (χ2n) is 11.2. The minimum Gasteiger partial charge on any atom is -0.508 e. The summed E-state index contributed by atoms with van der Waals surface area (Å²) in [5.41, 5.74) is 2.26. The van der Waals surface area contributed by atoms with E-state index in [4.69, 9.17) is 4.74 Å². The first-order valence-corrected chi connectivity index (χ1v) is 14.6. The normalized spacial score (nSPS) is 33.0. The largest absolute Gasteiger partial charge is 0.508 e. The fourth-order valence-corrected chi connectivity index (χ4v) is 9.05. The number of aromatic hydroxyl groups is 1. The SMILES string of the molecule is CN(C(=O)/C=C/c1cc(Br)cs1)[C@@H]1CC[C@H]2[C@H]3Cc4c(O)ccc5c4[C@@]2(CCN3CC2CC2)[C@H]1O5. The van der Waals surface area contributed by atoms with Crippen LogP contribution in [0.2, 0.25) is 0 Å². The first kappa shape index (κ1) is 22.4. The zero-order valence-electron chi connectivity index (χ0n) is 20.0. The second-order valence-corrected chi connectivity index (χ2v) is 13.0. The Morgan fingerprint density at radius 3 is 2.97 bits per heavy atom. The van der Waals surface area contributed by atoms with Crippen molar-refractivity contribution in [3.63, 3.8) is 0 Å². The molecule has 3 fully saturated rings. The quantitative estimate of drug-likeness (QED) is 0.515. The Bertz CT molecular complexity index is 1220. The van der Waals surface area contributed by atoms with Gasteiger partial charge in [-0.15, -0.1) is 11.3 Å². The van der Waals surface area contributed by atoms with Crippen LogP contribution in [0.4, 0.5) is 0 Å². The summed E-state index contributed by atoms with van der Waals surface area (Å²) in [6, 6.07) is 6.29. The van der Waals surface area contributed by atoms with Gasteiger partial charge in [0.25, 0.3) is 0 Å². The van der Waals surface area contributed by atoms with Crippen molar-refractivity contribution in [1.82, 2.24) is 9.80 Å². The second kappa shape index (κ2) is 8.09. The minimum absolute atomic E-state index is 0.0228. The molecule has 2 aromatic rings. The lowest BCUT2D eigenvalue weighted by atomic mass is 9.51. The number of benzene rings is 1. The average Bonchev–Trinajstić information content (AvgIpc) is 3.48. The molecule has 1 aromatic carbocycles. The number of likely N-dealkylation sites (tertiary alicyclic amines) is 1. The average molecular weight is 556 g/mol. The molecule has 35 heavy (non-hydrogen) atoms. The monoisotopic (exact) mass is 554 g/mol. The highest BCUT2D eigenvalue weighted by Crippen LogP contribution is 2.63. The molecule has 5 aliphatic rings. The van der Waals surface area contributed by atoms with Gasteiger partial charge >= 0.3 is 0 Å². The van der Waals surface area contributed by atoms with Crippen molar-refractivity contribution in [3.05, 3.63) is 50.1 Å². The van der Waals surface area contributed by atoms with E-state index in [0.717, 1.165) is 58.8 Å². The summed E-state index contributed by atoms with van der Waals surface area (Å²) in [6.07, 6.45) is 10.3. The number of hydrogen-bond acceptors (Lipinski definition) is 5. The lowest BCUT2D eigenvalue weighted by Gasteiger charge is -2.60. The van der Waals surface area contributed by atoms with Gasteiger partial charge in [0.1, 0.15) is 17.6 Å². The van der Waals surface area contributed by atoms with E-state index in [2.05, 4.69) is 20.8 Å². The Balaban J connectivity index is 1.23. The smallest absolute Gasteiger partial charge is 0.246 e.